The lowest BCUT2D eigenvalue weighted by Gasteiger charge is -2.21. The second kappa shape index (κ2) is 3.33. The van der Waals surface area contributed by atoms with Gasteiger partial charge in [0.15, 0.2) is 0 Å². The van der Waals surface area contributed by atoms with E-state index in [1.165, 1.54) is 0 Å². The van der Waals surface area contributed by atoms with Crippen molar-refractivity contribution >= 4 is 11.9 Å². The van der Waals surface area contributed by atoms with Gasteiger partial charge in [0.25, 0.3) is 5.91 Å². The van der Waals surface area contributed by atoms with Crippen LogP contribution in [0.1, 0.15) is 23.6 Å². The van der Waals surface area contributed by atoms with Crippen molar-refractivity contribution in [2.45, 2.75) is 26.3 Å². The van der Waals surface area contributed by atoms with Crippen molar-refractivity contribution in [3.63, 3.8) is 0 Å². The summed E-state index contributed by atoms with van der Waals surface area (Å²) in [5.41, 5.74) is 2.12. The molecule has 1 aliphatic heterocycles. The maximum Gasteiger partial charge on any atom is 0.322 e. The van der Waals surface area contributed by atoms with E-state index in [9.17, 15) is 9.59 Å². The standard InChI is InChI=1S/C12H14N2O2/c1-7-4-5-9(6-8(7)2)12(3)10(15)13-11(16)14-12/h4-6H,1-3H3,(H2,13,14,15,16)/t12-/m0/s1. The fourth-order valence-electron chi connectivity index (χ4n) is 1.80. The molecule has 1 fully saturated rings. The summed E-state index contributed by atoms with van der Waals surface area (Å²) in [6.07, 6.45) is 0. The summed E-state index contributed by atoms with van der Waals surface area (Å²) >= 11 is 0. The molecule has 4 heteroatoms. The molecule has 0 aliphatic carbocycles. The molecule has 1 aliphatic rings. The molecule has 0 bridgehead atoms. The predicted molar refractivity (Wildman–Crippen MR) is 59.9 cm³/mol. The maximum atomic E-state index is 11.7. The lowest BCUT2D eigenvalue weighted by molar-refractivity contribution is -0.123. The Kier molecular flexibility index (Phi) is 2.22. The fraction of sp³-hybridized carbons (Fsp3) is 0.333. The molecule has 2 N–H and O–H groups in total. The normalized spacial score (nSPS) is 24.2. The van der Waals surface area contributed by atoms with Crippen LogP contribution in [-0.2, 0) is 10.3 Å². The molecule has 16 heavy (non-hydrogen) atoms. The highest BCUT2D eigenvalue weighted by molar-refractivity contribution is 6.07. The number of rotatable bonds is 1. The molecule has 1 saturated heterocycles. The molecule has 3 amide bonds. The molecule has 0 unspecified atom stereocenters. The van der Waals surface area contributed by atoms with Crippen molar-refractivity contribution < 1.29 is 9.59 Å². The van der Waals surface area contributed by atoms with Gasteiger partial charge in [-0.2, -0.15) is 0 Å². The van der Waals surface area contributed by atoms with Gasteiger partial charge in [-0.15, -0.1) is 0 Å². The third-order valence-corrected chi connectivity index (χ3v) is 3.13. The van der Waals surface area contributed by atoms with Gasteiger partial charge in [-0.1, -0.05) is 18.2 Å². The number of nitrogens with one attached hydrogen (secondary N) is 2. The van der Waals surface area contributed by atoms with Gasteiger partial charge in [0.05, 0.1) is 0 Å². The number of benzene rings is 1. The summed E-state index contributed by atoms with van der Waals surface area (Å²) in [5.74, 6) is -0.305. The Morgan fingerprint density at radius 3 is 2.31 bits per heavy atom. The van der Waals surface area contributed by atoms with Crippen LogP contribution < -0.4 is 10.6 Å². The van der Waals surface area contributed by atoms with Gasteiger partial charge < -0.3 is 5.32 Å². The molecule has 1 atom stereocenters. The Labute approximate surface area is 94.0 Å². The van der Waals surface area contributed by atoms with E-state index < -0.39 is 11.6 Å². The first-order valence-corrected chi connectivity index (χ1v) is 5.15. The highest BCUT2D eigenvalue weighted by Crippen LogP contribution is 2.25. The zero-order valence-electron chi connectivity index (χ0n) is 9.55. The Hall–Kier alpha value is -1.84. The van der Waals surface area contributed by atoms with E-state index in [0.29, 0.717) is 0 Å². The van der Waals surface area contributed by atoms with Crippen molar-refractivity contribution in [1.29, 1.82) is 0 Å². The summed E-state index contributed by atoms with van der Waals surface area (Å²) in [6, 6.07) is 5.31. The highest BCUT2D eigenvalue weighted by Gasteiger charge is 2.43. The number of imide groups is 1. The van der Waals surface area contributed by atoms with Crippen molar-refractivity contribution in [2.75, 3.05) is 0 Å². The van der Waals surface area contributed by atoms with E-state index in [2.05, 4.69) is 10.6 Å². The highest BCUT2D eigenvalue weighted by atomic mass is 16.2. The molecule has 4 nitrogen and oxygen atoms in total. The second-order valence-corrected chi connectivity index (χ2v) is 4.33. The summed E-state index contributed by atoms with van der Waals surface area (Å²) in [5, 5.41) is 4.89. The predicted octanol–water partition coefficient (Wildman–Crippen LogP) is 1.36. The van der Waals surface area contributed by atoms with Crippen molar-refractivity contribution in [3.05, 3.63) is 34.9 Å². The van der Waals surface area contributed by atoms with Gasteiger partial charge in [-0.05, 0) is 37.5 Å². The smallest absolute Gasteiger partial charge is 0.320 e. The molecule has 84 valence electrons. The van der Waals surface area contributed by atoms with Gasteiger partial charge in [0.2, 0.25) is 0 Å². The lowest BCUT2D eigenvalue weighted by atomic mass is 9.90. The molecule has 0 spiro atoms. The second-order valence-electron chi connectivity index (χ2n) is 4.33. The number of carbonyl (C=O) groups excluding carboxylic acids is 2. The summed E-state index contributed by atoms with van der Waals surface area (Å²) in [7, 11) is 0. The van der Waals surface area contributed by atoms with Crippen LogP contribution in [0.3, 0.4) is 0 Å². The van der Waals surface area contributed by atoms with Crippen molar-refractivity contribution in [2.24, 2.45) is 0 Å². The molecule has 1 aromatic carbocycles. The van der Waals surface area contributed by atoms with E-state index in [4.69, 9.17) is 0 Å². The molecule has 2 rings (SSSR count). The van der Waals surface area contributed by atoms with E-state index in [-0.39, 0.29) is 5.91 Å². The number of aryl methyl sites for hydroxylation is 2. The molecule has 0 radical (unpaired) electrons. The quantitative estimate of drug-likeness (QED) is 0.699. The van der Waals surface area contributed by atoms with Crippen molar-refractivity contribution in [3.8, 4) is 0 Å². The molecule has 1 aromatic rings. The first-order valence-electron chi connectivity index (χ1n) is 5.15. The summed E-state index contributed by atoms with van der Waals surface area (Å²) < 4.78 is 0. The number of amides is 3. The fourth-order valence-corrected chi connectivity index (χ4v) is 1.80. The Morgan fingerprint density at radius 2 is 1.81 bits per heavy atom. The van der Waals surface area contributed by atoms with Crippen LogP contribution in [0.5, 0.6) is 0 Å². The van der Waals surface area contributed by atoms with Gasteiger partial charge in [0.1, 0.15) is 5.54 Å². The minimum Gasteiger partial charge on any atom is -0.320 e. The molecule has 0 saturated carbocycles. The number of urea groups is 1. The average molecular weight is 218 g/mol. The third-order valence-electron chi connectivity index (χ3n) is 3.13. The van der Waals surface area contributed by atoms with Crippen LogP contribution in [0.2, 0.25) is 0 Å². The first-order chi connectivity index (χ1) is 7.43. The Bertz CT molecular complexity index is 482. The number of carbonyl (C=O) groups is 2. The van der Waals surface area contributed by atoms with Crippen LogP contribution in [0.25, 0.3) is 0 Å². The van der Waals surface area contributed by atoms with Crippen molar-refractivity contribution in [1.82, 2.24) is 10.6 Å². The average Bonchev–Trinajstić information content (AvgIpc) is 2.46. The topological polar surface area (TPSA) is 58.2 Å². The van der Waals surface area contributed by atoms with Gasteiger partial charge >= 0.3 is 6.03 Å². The lowest BCUT2D eigenvalue weighted by Crippen LogP contribution is -2.40. The van der Waals surface area contributed by atoms with Gasteiger partial charge in [-0.3, -0.25) is 10.1 Å². The monoisotopic (exact) mass is 218 g/mol. The minimum absolute atomic E-state index is 0.305. The maximum absolute atomic E-state index is 11.7. The summed E-state index contributed by atoms with van der Waals surface area (Å²) in [6.45, 7) is 5.70. The molecular formula is C12H14N2O2. The van der Waals surface area contributed by atoms with Gasteiger partial charge in [-0.25, -0.2) is 4.79 Å². The minimum atomic E-state index is -0.949. The van der Waals surface area contributed by atoms with E-state index in [0.717, 1.165) is 16.7 Å². The SMILES string of the molecule is Cc1ccc([C@]2(C)NC(=O)NC2=O)cc1C. The van der Waals surface area contributed by atoms with Crippen LogP contribution in [0.4, 0.5) is 4.79 Å². The zero-order chi connectivity index (χ0) is 11.9. The largest absolute Gasteiger partial charge is 0.322 e. The van der Waals surface area contributed by atoms with Crippen LogP contribution in [0.15, 0.2) is 18.2 Å². The Balaban J connectivity index is 2.47. The van der Waals surface area contributed by atoms with E-state index in [1.54, 1.807) is 6.92 Å². The zero-order valence-corrected chi connectivity index (χ0v) is 9.55. The van der Waals surface area contributed by atoms with Crippen LogP contribution in [-0.4, -0.2) is 11.9 Å². The first kappa shape index (κ1) is 10.7. The number of hydrogen-bond acceptors (Lipinski definition) is 2. The molecule has 1 heterocycles. The van der Waals surface area contributed by atoms with Crippen LogP contribution >= 0.6 is 0 Å². The Morgan fingerprint density at radius 1 is 1.12 bits per heavy atom. The molecular weight excluding hydrogens is 204 g/mol. The van der Waals surface area contributed by atoms with E-state index in [1.807, 2.05) is 32.0 Å². The number of hydrogen-bond donors (Lipinski definition) is 2. The third kappa shape index (κ3) is 1.46. The summed E-state index contributed by atoms with van der Waals surface area (Å²) in [4.78, 5) is 22.9. The van der Waals surface area contributed by atoms with E-state index >= 15 is 0 Å². The molecule has 0 aromatic heterocycles. The van der Waals surface area contributed by atoms with Gasteiger partial charge in [0, 0.05) is 0 Å². The van der Waals surface area contributed by atoms with Crippen LogP contribution in [0, 0.1) is 13.8 Å².